The predicted molar refractivity (Wildman–Crippen MR) is 482 cm³/mol. The molecule has 0 saturated carbocycles. The molecule has 2 aromatic carbocycles. The highest BCUT2D eigenvalue weighted by Crippen LogP contribution is 2.17. The van der Waals surface area contributed by atoms with Crippen molar-refractivity contribution in [2.45, 2.75) is 186 Å². The van der Waals surface area contributed by atoms with Gasteiger partial charge in [-0.15, -0.1) is 0 Å². The minimum absolute atomic E-state index is 0.0387. The van der Waals surface area contributed by atoms with Crippen LogP contribution in [0.2, 0.25) is 0 Å². The summed E-state index contributed by atoms with van der Waals surface area (Å²) in [6.45, 7) is 13.8. The summed E-state index contributed by atoms with van der Waals surface area (Å²) < 4.78 is 17.2. The maximum Gasteiger partial charge on any atom is 0.330 e. The number of carbonyl (C=O) groups is 18. The second kappa shape index (κ2) is 55.4. The molecule has 2 unspecified atom stereocenters. The van der Waals surface area contributed by atoms with E-state index in [1.165, 1.54) is 18.2 Å². The third-order valence-corrected chi connectivity index (χ3v) is 19.4. The van der Waals surface area contributed by atoms with Crippen molar-refractivity contribution >= 4 is 125 Å². The van der Waals surface area contributed by atoms with Crippen LogP contribution in [-0.4, -0.2) is 313 Å². The Hall–Kier alpha value is -13.8. The first-order valence-corrected chi connectivity index (χ1v) is 43.6. The zero-order chi connectivity index (χ0) is 98.5. The molecule has 133 heavy (non-hydrogen) atoms. The molecule has 0 bridgehead atoms. The summed E-state index contributed by atoms with van der Waals surface area (Å²) in [5.74, 6) is -18.4. The number of hydrogen-bond donors (Lipinski definition) is 21. The molecule has 730 valence electrons. The number of guanidine groups is 2. The van der Waals surface area contributed by atoms with Gasteiger partial charge in [-0.3, -0.25) is 112 Å². The molecular formula is C87H129N23O23. The lowest BCUT2D eigenvalue weighted by atomic mass is 10.0. The average Bonchev–Trinajstić information content (AvgIpc) is 1.84. The normalized spacial score (nSPS) is 19.8. The fourth-order valence-electron chi connectivity index (χ4n) is 13.2. The third kappa shape index (κ3) is 46.1. The van der Waals surface area contributed by atoms with E-state index in [2.05, 4.69) is 79.8 Å². The van der Waals surface area contributed by atoms with Gasteiger partial charge in [0.25, 0.3) is 23.6 Å². The van der Waals surface area contributed by atoms with E-state index in [1.54, 1.807) is 138 Å². The lowest BCUT2D eigenvalue weighted by molar-refractivity contribution is -0.158. The van der Waals surface area contributed by atoms with Crippen molar-refractivity contribution < 1.29 is 111 Å². The number of nitrogens with two attached hydrogens (primary N) is 2. The number of esters is 3. The molecule has 5 rings (SSSR count). The summed E-state index contributed by atoms with van der Waals surface area (Å²) in [5.41, 5.74) is 6.89. The fraction of sp³-hybridized carbons (Fsp3) is 0.540. The Morgan fingerprint density at radius 1 is 0.466 bits per heavy atom. The Labute approximate surface area is 770 Å². The van der Waals surface area contributed by atoms with Gasteiger partial charge in [0.1, 0.15) is 69.8 Å². The molecule has 23 N–H and O–H groups in total. The molecule has 13 amide bonds. The van der Waals surface area contributed by atoms with Crippen LogP contribution in [0.4, 0.5) is 0 Å². The number of nitrogens with one attached hydrogen (secondary N) is 17. The molecule has 5 atom stereocenters. The average molecular weight is 1870 g/mol. The van der Waals surface area contributed by atoms with E-state index in [1.807, 2.05) is 4.90 Å². The summed E-state index contributed by atoms with van der Waals surface area (Å²) in [7, 11) is 0. The maximum absolute atomic E-state index is 14.8. The first-order valence-electron chi connectivity index (χ1n) is 43.6. The van der Waals surface area contributed by atoms with Crippen molar-refractivity contribution in [3.63, 3.8) is 0 Å². The van der Waals surface area contributed by atoms with Gasteiger partial charge in [-0.25, -0.2) is 4.79 Å². The Kier molecular flexibility index (Phi) is 45.7. The highest BCUT2D eigenvalue weighted by molar-refractivity contribution is 6.09. The Bertz CT molecular complexity index is 4530. The topological polar surface area (TPSA) is 669 Å². The fourth-order valence-corrected chi connectivity index (χ4v) is 13.2. The molecule has 0 spiro atoms. The van der Waals surface area contributed by atoms with Gasteiger partial charge in [0.2, 0.25) is 53.2 Å². The first-order chi connectivity index (χ1) is 62.6. The van der Waals surface area contributed by atoms with Gasteiger partial charge in [0, 0.05) is 91.4 Å². The van der Waals surface area contributed by atoms with Crippen molar-refractivity contribution in [2.75, 3.05) is 118 Å². The van der Waals surface area contributed by atoms with Crippen LogP contribution in [0.5, 0.6) is 0 Å². The van der Waals surface area contributed by atoms with Crippen LogP contribution in [0.3, 0.4) is 0 Å². The lowest BCUT2D eigenvalue weighted by Gasteiger charge is -2.34. The molecule has 0 aromatic heterocycles. The van der Waals surface area contributed by atoms with E-state index in [9.17, 15) is 96.5 Å². The van der Waals surface area contributed by atoms with Gasteiger partial charge >= 0.3 is 29.8 Å². The lowest BCUT2D eigenvalue weighted by Crippen LogP contribution is -2.55. The summed E-state index contributed by atoms with van der Waals surface area (Å²) >= 11 is 0. The Morgan fingerprint density at radius 3 is 1.49 bits per heavy atom. The van der Waals surface area contributed by atoms with Crippen molar-refractivity contribution in [3.8, 4) is 0 Å². The van der Waals surface area contributed by atoms with E-state index in [-0.39, 0.29) is 168 Å². The summed E-state index contributed by atoms with van der Waals surface area (Å²) in [4.78, 5) is 255. The summed E-state index contributed by atoms with van der Waals surface area (Å²) in [6, 6.07) is 8.45. The third-order valence-electron chi connectivity index (χ3n) is 19.4. The number of allylic oxidation sites excluding steroid dienone is 1. The second-order valence-corrected chi connectivity index (χ2v) is 34.4. The number of benzene rings is 2. The number of aliphatic carboxylic acids is 2. The van der Waals surface area contributed by atoms with Crippen LogP contribution in [0, 0.1) is 10.8 Å². The number of hydrogen-bond acceptors (Lipinski definition) is 27. The predicted octanol–water partition coefficient (Wildman–Crippen LogP) is -4.02. The van der Waals surface area contributed by atoms with Gasteiger partial charge in [-0.2, -0.15) is 0 Å². The van der Waals surface area contributed by atoms with Gasteiger partial charge in [-0.05, 0) is 137 Å². The molecule has 3 heterocycles. The van der Waals surface area contributed by atoms with Crippen molar-refractivity contribution in [2.24, 2.45) is 11.5 Å². The van der Waals surface area contributed by atoms with E-state index >= 15 is 0 Å². The molecule has 46 nitrogen and oxygen atoms in total. The molecule has 0 aliphatic carbocycles. The van der Waals surface area contributed by atoms with Crippen LogP contribution in [0.15, 0.2) is 102 Å². The van der Waals surface area contributed by atoms with Gasteiger partial charge in [0.15, 0.2) is 11.9 Å². The van der Waals surface area contributed by atoms with Crippen LogP contribution >= 0.6 is 0 Å². The number of carbonyl (C=O) groups excluding carboxylic acids is 16. The molecule has 3 fully saturated rings. The van der Waals surface area contributed by atoms with Crippen molar-refractivity contribution in [3.05, 3.63) is 113 Å². The van der Waals surface area contributed by atoms with Crippen LogP contribution in [0.1, 0.15) is 144 Å². The highest BCUT2D eigenvalue weighted by atomic mass is 16.6. The number of carboxylic acid groups (broad SMARTS) is 2. The Morgan fingerprint density at radius 2 is 0.940 bits per heavy atom. The smallest absolute Gasteiger partial charge is 0.330 e. The zero-order valence-corrected chi connectivity index (χ0v) is 76.6. The number of unbranched alkanes of at least 4 members (excludes halogenated alkanes) is 2. The standard InChI is InChI=1S/C87H129N23O23/c1-85(2,3)131-71(119)51-108-38-36-107(37-39-109(52-72(120)132-86(4,5)6)41-43-110(42-40-108)53-73(121)133-87(7,8)9)50-68(114)98-60(74(122)93-33-19-17-27-59-78(126)102-57(29-21-35-95-84(90)91)76(124)97-49-67(113)100-64(47-70(117)118)82(130)106-62(80(128)104-59)45-55-24-14-11-15-25-55)30-31-65(111)92-32-18-16-26-58-77(125)101-56(28-20-34-94-83(88)89)75(123)96-48-66(112)99-63(46-69(115)116)81(129)105-61(79(127)103-58)44-54-22-12-10-13-23-54/h10-15,22-25,27,29,44,47,56,58,60,62-63H,16-21,26,28,30-43,45-46,48-53H2,1-9H3,(H,92,111)(H,93,122)(H,96,123)(H,97,124)(H,98,114)(H,99,112)(H,100,113)(H,101,125)(H,102,126)(H,103,127)(H,104,128)(H,105,129)(H,106,130)(H,115,116)(H,117,118)(H4,88,89,94)(H4,90,91,95)/b57-29-,59-27+,61-44-,64-47+/t56-,58?,60?,62+,63-/m0/s1. The number of carboxylic acids is 2. The second-order valence-electron chi connectivity index (χ2n) is 34.4. The summed E-state index contributed by atoms with van der Waals surface area (Å²) in [5, 5.41) is 72.0. The van der Waals surface area contributed by atoms with Crippen LogP contribution in [-0.2, 0) is 107 Å². The van der Waals surface area contributed by atoms with Crippen LogP contribution < -0.4 is 91.2 Å². The van der Waals surface area contributed by atoms with Crippen molar-refractivity contribution in [1.29, 1.82) is 10.8 Å². The molecule has 3 aliphatic rings. The minimum Gasteiger partial charge on any atom is -0.481 e. The number of ether oxygens (including phenoxy) is 3. The summed E-state index contributed by atoms with van der Waals surface area (Å²) in [6.07, 6.45) is 1.69. The van der Waals surface area contributed by atoms with E-state index < -0.39 is 215 Å². The molecule has 3 aliphatic heterocycles. The molecule has 46 heteroatoms. The minimum atomic E-state index is -1.78. The monoisotopic (exact) mass is 1860 g/mol. The zero-order valence-electron chi connectivity index (χ0n) is 76.6. The number of nitrogens with zero attached hydrogens (tertiary/aromatic N) is 4. The molecule has 3 saturated heterocycles. The van der Waals surface area contributed by atoms with E-state index in [0.717, 1.165) is 0 Å². The van der Waals surface area contributed by atoms with Gasteiger partial charge in [-0.1, -0.05) is 72.8 Å². The van der Waals surface area contributed by atoms with Gasteiger partial charge < -0.3 is 116 Å². The molecular weight excluding hydrogens is 1740 g/mol. The molecule has 2 aromatic rings. The Balaban J connectivity index is 1.51. The number of amides is 13. The van der Waals surface area contributed by atoms with E-state index in [0.29, 0.717) is 17.2 Å². The first kappa shape index (κ1) is 110. The maximum atomic E-state index is 14.8. The largest absolute Gasteiger partial charge is 0.481 e. The SMILES string of the molecule is CC(C)(C)OC(=O)CN1CCN(CC(=O)NC(CCC(=O)NCCCCC2NC(=O)/C(=C/c3ccccc3)NC(=O)[C@H](CC(=O)O)NC(=O)CNC(=O)[C@H](CCCNC(=N)N)NC2=O)C(=O)NCCC/C=C2/NC(=O)[C@@H](Cc3ccccc3)NC(=O)/C(=C\C(=O)O)NC(=O)CNC(=O)/C(=C/CCNC(=N)N)NC2=O)CCN(CC(=O)OC(C)(C)C)CCN(CC(=O)OC(C)(C)C)CC1. The van der Waals surface area contributed by atoms with Crippen LogP contribution in [0.25, 0.3) is 6.08 Å². The molecule has 0 radical (unpaired) electrons. The highest BCUT2D eigenvalue weighted by Gasteiger charge is 2.35. The quantitative estimate of drug-likeness (QED) is 0.00780. The van der Waals surface area contributed by atoms with Crippen molar-refractivity contribution in [1.82, 2.24) is 99.4 Å². The number of rotatable bonds is 35. The van der Waals surface area contributed by atoms with E-state index in [4.69, 9.17) is 36.5 Å². The van der Waals surface area contributed by atoms with Gasteiger partial charge in [0.05, 0.1) is 51.8 Å².